The topological polar surface area (TPSA) is 29.1 Å². The first-order chi connectivity index (χ1) is 13.1. The van der Waals surface area contributed by atoms with E-state index in [-0.39, 0.29) is 11.0 Å². The Labute approximate surface area is 171 Å². The number of ketones is 1. The molecule has 1 heterocycles. The van der Waals surface area contributed by atoms with Gasteiger partial charge in [0.05, 0.1) is 26.7 Å². The Balaban J connectivity index is 1.78. The molecule has 0 aromatic heterocycles. The first-order valence-electron chi connectivity index (χ1n) is 8.50. The van der Waals surface area contributed by atoms with Gasteiger partial charge in [-0.1, -0.05) is 71.7 Å². The van der Waals surface area contributed by atoms with Gasteiger partial charge in [0.1, 0.15) is 0 Å². The lowest BCUT2D eigenvalue weighted by Gasteiger charge is -2.19. The Morgan fingerprint density at radius 1 is 0.852 bits per heavy atom. The van der Waals surface area contributed by atoms with Crippen LogP contribution < -0.4 is 5.32 Å². The summed E-state index contributed by atoms with van der Waals surface area (Å²) in [5.41, 5.74) is 5.06. The molecule has 0 fully saturated rings. The van der Waals surface area contributed by atoms with Crippen molar-refractivity contribution in [3.05, 3.63) is 99.0 Å². The maximum atomic E-state index is 13.3. The van der Waals surface area contributed by atoms with Crippen molar-refractivity contribution < 1.29 is 4.79 Å². The number of benzene rings is 3. The van der Waals surface area contributed by atoms with Crippen molar-refractivity contribution in [2.75, 3.05) is 5.32 Å². The van der Waals surface area contributed by atoms with E-state index in [4.69, 9.17) is 23.2 Å². The average Bonchev–Trinajstić information content (AvgIpc) is 2.85. The molecule has 5 rings (SSSR count). The Bertz CT molecular complexity index is 1140. The van der Waals surface area contributed by atoms with E-state index in [2.05, 4.69) is 11.4 Å². The van der Waals surface area contributed by atoms with Crippen LogP contribution in [0.2, 0.25) is 10.0 Å². The van der Waals surface area contributed by atoms with Crippen molar-refractivity contribution in [1.82, 2.24) is 0 Å². The number of carbonyl (C=O) groups is 1. The fraction of sp³-hybridized carbons (Fsp3) is 0.0455. The molecule has 0 saturated carbocycles. The molecule has 2 nitrogen and oxygen atoms in total. The molecule has 3 aromatic rings. The SMILES string of the molecule is O=C1C2=C(Nc3ccccc3S[C@@H]2c2cccc(Cl)c2Cl)c2ccccc21. The summed E-state index contributed by atoms with van der Waals surface area (Å²) in [7, 11) is 0. The molecule has 0 radical (unpaired) electrons. The van der Waals surface area contributed by atoms with Gasteiger partial charge in [-0.25, -0.2) is 0 Å². The van der Waals surface area contributed by atoms with Gasteiger partial charge < -0.3 is 5.32 Å². The number of para-hydroxylation sites is 1. The van der Waals surface area contributed by atoms with Crippen molar-refractivity contribution in [2.45, 2.75) is 10.1 Å². The van der Waals surface area contributed by atoms with E-state index in [0.717, 1.165) is 38.5 Å². The summed E-state index contributed by atoms with van der Waals surface area (Å²) in [6, 6.07) is 21.4. The van der Waals surface area contributed by atoms with E-state index in [1.54, 1.807) is 17.8 Å². The normalized spacial score (nSPS) is 17.7. The van der Waals surface area contributed by atoms with E-state index in [1.165, 1.54) is 0 Å². The number of thioether (sulfide) groups is 1. The van der Waals surface area contributed by atoms with Crippen LogP contribution in [0.5, 0.6) is 0 Å². The van der Waals surface area contributed by atoms with Crippen LogP contribution in [0.25, 0.3) is 5.70 Å². The van der Waals surface area contributed by atoms with E-state index in [0.29, 0.717) is 10.0 Å². The minimum absolute atomic E-state index is 0.0365. The number of hydrogen-bond acceptors (Lipinski definition) is 3. The van der Waals surface area contributed by atoms with Crippen LogP contribution in [0, 0.1) is 0 Å². The monoisotopic (exact) mass is 409 g/mol. The van der Waals surface area contributed by atoms with Crippen LogP contribution in [-0.4, -0.2) is 5.78 Å². The van der Waals surface area contributed by atoms with Gasteiger partial charge in [-0.05, 0) is 23.8 Å². The zero-order chi connectivity index (χ0) is 18.5. The minimum Gasteiger partial charge on any atom is -0.354 e. The predicted molar refractivity (Wildman–Crippen MR) is 113 cm³/mol. The summed E-state index contributed by atoms with van der Waals surface area (Å²) in [5, 5.41) is 4.24. The molecule has 1 aliphatic heterocycles. The summed E-state index contributed by atoms with van der Waals surface area (Å²) >= 11 is 14.5. The van der Waals surface area contributed by atoms with Crippen LogP contribution in [0.3, 0.4) is 0 Å². The number of Topliss-reactive ketones (excluding diaryl/α,β-unsaturated/α-hetero) is 1. The Hall–Kier alpha value is -2.20. The van der Waals surface area contributed by atoms with Gasteiger partial charge in [0, 0.05) is 21.6 Å². The number of nitrogens with one attached hydrogen (secondary N) is 1. The maximum Gasteiger partial charge on any atom is 0.193 e. The van der Waals surface area contributed by atoms with Crippen molar-refractivity contribution in [3.8, 4) is 0 Å². The highest BCUT2D eigenvalue weighted by atomic mass is 35.5. The average molecular weight is 410 g/mol. The quantitative estimate of drug-likeness (QED) is 0.475. The molecular formula is C22H13Cl2NOS. The Morgan fingerprint density at radius 2 is 1.59 bits per heavy atom. The summed E-state index contributed by atoms with van der Waals surface area (Å²) < 4.78 is 0. The summed E-state index contributed by atoms with van der Waals surface area (Å²) in [4.78, 5) is 14.4. The number of halogens is 2. The summed E-state index contributed by atoms with van der Waals surface area (Å²) in [6.45, 7) is 0. The molecule has 0 bridgehead atoms. The molecule has 0 unspecified atom stereocenters. The number of anilines is 1. The van der Waals surface area contributed by atoms with E-state index in [9.17, 15) is 4.79 Å². The molecule has 5 heteroatoms. The molecule has 0 saturated heterocycles. The molecule has 1 N–H and O–H groups in total. The summed E-state index contributed by atoms with van der Waals surface area (Å²) in [6.07, 6.45) is 0. The third-order valence-electron chi connectivity index (χ3n) is 4.87. The lowest BCUT2D eigenvalue weighted by Crippen LogP contribution is -2.08. The zero-order valence-corrected chi connectivity index (χ0v) is 16.3. The van der Waals surface area contributed by atoms with Crippen LogP contribution in [0.4, 0.5) is 5.69 Å². The zero-order valence-electron chi connectivity index (χ0n) is 14.0. The number of fused-ring (bicyclic) bond motifs is 3. The van der Waals surface area contributed by atoms with Gasteiger partial charge >= 0.3 is 0 Å². The highest BCUT2D eigenvalue weighted by Crippen LogP contribution is 2.53. The Kier molecular flexibility index (Phi) is 4.05. The third-order valence-corrected chi connectivity index (χ3v) is 7.04. The second kappa shape index (κ2) is 6.45. The smallest absolute Gasteiger partial charge is 0.193 e. The fourth-order valence-corrected chi connectivity index (χ4v) is 5.43. The molecule has 1 atom stereocenters. The molecule has 3 aromatic carbocycles. The van der Waals surface area contributed by atoms with Gasteiger partial charge in [-0.15, -0.1) is 11.8 Å². The second-order valence-electron chi connectivity index (χ2n) is 6.43. The Morgan fingerprint density at radius 3 is 2.44 bits per heavy atom. The molecular weight excluding hydrogens is 397 g/mol. The molecule has 27 heavy (non-hydrogen) atoms. The highest BCUT2D eigenvalue weighted by molar-refractivity contribution is 8.00. The largest absolute Gasteiger partial charge is 0.354 e. The van der Waals surface area contributed by atoms with Crippen LogP contribution in [0.15, 0.2) is 77.2 Å². The second-order valence-corrected chi connectivity index (χ2v) is 8.36. The highest BCUT2D eigenvalue weighted by Gasteiger charge is 2.38. The molecule has 1 aliphatic carbocycles. The van der Waals surface area contributed by atoms with Gasteiger partial charge in [0.2, 0.25) is 0 Å². The molecule has 2 aliphatic rings. The van der Waals surface area contributed by atoms with Gasteiger partial charge in [-0.3, -0.25) is 4.79 Å². The van der Waals surface area contributed by atoms with Crippen molar-refractivity contribution in [3.63, 3.8) is 0 Å². The lowest BCUT2D eigenvalue weighted by atomic mass is 10.0. The number of hydrogen-bond donors (Lipinski definition) is 1. The maximum absolute atomic E-state index is 13.3. The first-order valence-corrected chi connectivity index (χ1v) is 10.1. The van der Waals surface area contributed by atoms with Crippen LogP contribution in [0.1, 0.15) is 26.7 Å². The van der Waals surface area contributed by atoms with Crippen molar-refractivity contribution in [1.29, 1.82) is 0 Å². The van der Waals surface area contributed by atoms with Gasteiger partial charge in [0.15, 0.2) is 5.78 Å². The van der Waals surface area contributed by atoms with E-state index >= 15 is 0 Å². The van der Waals surface area contributed by atoms with E-state index in [1.807, 2.05) is 54.6 Å². The van der Waals surface area contributed by atoms with Crippen molar-refractivity contribution in [2.24, 2.45) is 0 Å². The van der Waals surface area contributed by atoms with Crippen LogP contribution in [-0.2, 0) is 0 Å². The van der Waals surface area contributed by atoms with Gasteiger partial charge in [0.25, 0.3) is 0 Å². The predicted octanol–water partition coefficient (Wildman–Crippen LogP) is 6.86. The van der Waals surface area contributed by atoms with E-state index < -0.39 is 0 Å². The number of carbonyl (C=O) groups excluding carboxylic acids is 1. The number of rotatable bonds is 1. The fourth-order valence-electron chi connectivity index (χ4n) is 3.62. The van der Waals surface area contributed by atoms with Crippen molar-refractivity contribution >= 4 is 52.1 Å². The third kappa shape index (κ3) is 2.61. The van der Waals surface area contributed by atoms with Crippen LogP contribution >= 0.6 is 35.0 Å². The lowest BCUT2D eigenvalue weighted by molar-refractivity contribution is 0.103. The molecule has 132 valence electrons. The molecule has 0 spiro atoms. The summed E-state index contributed by atoms with van der Waals surface area (Å²) in [5.74, 6) is 0.0365. The minimum atomic E-state index is -0.248. The van der Waals surface area contributed by atoms with Gasteiger partial charge in [-0.2, -0.15) is 0 Å². The molecule has 0 amide bonds. The first kappa shape index (κ1) is 16.9. The standard InChI is InChI=1S/C22H13Cl2NOS/c23-15-9-5-8-14(19(15)24)22-18-20(12-6-1-2-7-13(12)21(18)26)25-16-10-3-4-11-17(16)27-22/h1-11,22,25H/t22-/m1/s1.